The lowest BCUT2D eigenvalue weighted by Gasteiger charge is -2.56. The predicted octanol–water partition coefficient (Wildman–Crippen LogP) is 4.08. The summed E-state index contributed by atoms with van der Waals surface area (Å²) in [7, 11) is 0. The summed E-state index contributed by atoms with van der Waals surface area (Å²) in [6.07, 6.45) is 8.28. The van der Waals surface area contributed by atoms with E-state index in [9.17, 15) is 4.79 Å². The minimum absolute atomic E-state index is 0.0372. The van der Waals surface area contributed by atoms with Gasteiger partial charge in [-0.2, -0.15) is 5.10 Å². The Balaban J connectivity index is 1.26. The van der Waals surface area contributed by atoms with Crippen molar-refractivity contribution in [2.75, 3.05) is 6.54 Å². The summed E-state index contributed by atoms with van der Waals surface area (Å²) in [5.41, 5.74) is 1.80. The van der Waals surface area contributed by atoms with Gasteiger partial charge in [-0.05, 0) is 79.2 Å². The minimum atomic E-state index is -0.0372. The number of aromatic amines is 1. The van der Waals surface area contributed by atoms with E-state index in [1.54, 1.807) is 11.3 Å². The molecule has 24 heavy (non-hydrogen) atoms. The molecule has 2 N–H and O–H groups in total. The third-order valence-electron chi connectivity index (χ3n) is 6.39. The maximum absolute atomic E-state index is 12.5. The molecule has 0 radical (unpaired) electrons. The first-order valence-corrected chi connectivity index (χ1v) is 9.95. The van der Waals surface area contributed by atoms with Crippen LogP contribution in [-0.2, 0) is 0 Å². The summed E-state index contributed by atoms with van der Waals surface area (Å²) in [4.78, 5) is 13.6. The molecule has 126 valence electrons. The first-order valence-electron chi connectivity index (χ1n) is 9.07. The molecule has 4 nitrogen and oxygen atoms in total. The highest BCUT2D eigenvalue weighted by Gasteiger charge is 2.50. The number of hydrogen-bond donors (Lipinski definition) is 2. The lowest BCUT2D eigenvalue weighted by atomic mass is 9.49. The van der Waals surface area contributed by atoms with Gasteiger partial charge in [-0.1, -0.05) is 6.07 Å². The highest BCUT2D eigenvalue weighted by atomic mass is 32.1. The van der Waals surface area contributed by atoms with Crippen molar-refractivity contribution < 1.29 is 4.79 Å². The Kier molecular flexibility index (Phi) is 3.34. The second-order valence-electron chi connectivity index (χ2n) is 8.24. The summed E-state index contributed by atoms with van der Waals surface area (Å²) in [5.74, 6) is 2.72. The van der Waals surface area contributed by atoms with E-state index in [1.165, 1.54) is 38.5 Å². The molecule has 1 amide bonds. The van der Waals surface area contributed by atoms with Crippen LogP contribution in [0.4, 0.5) is 0 Å². The van der Waals surface area contributed by atoms with E-state index in [4.69, 9.17) is 0 Å². The van der Waals surface area contributed by atoms with Crippen LogP contribution in [0.3, 0.4) is 0 Å². The Morgan fingerprint density at radius 2 is 1.96 bits per heavy atom. The van der Waals surface area contributed by atoms with Crippen LogP contribution in [0.2, 0.25) is 0 Å². The minimum Gasteiger partial charge on any atom is -0.350 e. The summed E-state index contributed by atoms with van der Waals surface area (Å²) in [6.45, 7) is 0.830. The van der Waals surface area contributed by atoms with Gasteiger partial charge in [-0.3, -0.25) is 9.89 Å². The van der Waals surface area contributed by atoms with Gasteiger partial charge in [0.2, 0.25) is 0 Å². The van der Waals surface area contributed by atoms with Crippen LogP contribution in [-0.4, -0.2) is 22.6 Å². The summed E-state index contributed by atoms with van der Waals surface area (Å²) in [6, 6.07) is 5.91. The van der Waals surface area contributed by atoms with Crippen LogP contribution in [0.1, 0.15) is 49.0 Å². The van der Waals surface area contributed by atoms with E-state index < -0.39 is 0 Å². The highest BCUT2D eigenvalue weighted by molar-refractivity contribution is 7.13. The van der Waals surface area contributed by atoms with Crippen molar-refractivity contribution in [3.8, 4) is 10.6 Å². The summed E-state index contributed by atoms with van der Waals surface area (Å²) < 4.78 is 0. The van der Waals surface area contributed by atoms with Gasteiger partial charge in [-0.15, -0.1) is 11.3 Å². The SMILES string of the molecule is O=C(NCC12CC3CC(CC(C3)C1)C2)c1cc(-c2cccs2)[nH]n1. The molecule has 2 aromatic heterocycles. The van der Waals surface area contributed by atoms with Gasteiger partial charge in [-0.25, -0.2) is 0 Å². The Labute approximate surface area is 146 Å². The van der Waals surface area contributed by atoms with Crippen LogP contribution in [0, 0.1) is 23.2 Å². The fourth-order valence-electron chi connectivity index (χ4n) is 5.86. The largest absolute Gasteiger partial charge is 0.350 e. The normalized spacial score (nSPS) is 33.8. The highest BCUT2D eigenvalue weighted by Crippen LogP contribution is 2.59. The van der Waals surface area contributed by atoms with Gasteiger partial charge in [0.1, 0.15) is 0 Å². The summed E-state index contributed by atoms with van der Waals surface area (Å²) >= 11 is 1.65. The van der Waals surface area contributed by atoms with Crippen LogP contribution < -0.4 is 5.32 Å². The zero-order chi connectivity index (χ0) is 16.1. The molecule has 2 heterocycles. The van der Waals surface area contributed by atoms with Gasteiger partial charge in [0.05, 0.1) is 10.6 Å². The lowest BCUT2D eigenvalue weighted by Crippen LogP contribution is -2.51. The molecule has 4 aliphatic carbocycles. The first kappa shape index (κ1) is 14.7. The number of carbonyl (C=O) groups excluding carboxylic acids is 1. The molecule has 2 aromatic rings. The number of hydrogen-bond acceptors (Lipinski definition) is 3. The van der Waals surface area contributed by atoms with Gasteiger partial charge < -0.3 is 5.32 Å². The van der Waals surface area contributed by atoms with Gasteiger partial charge >= 0.3 is 0 Å². The monoisotopic (exact) mass is 341 g/mol. The number of rotatable bonds is 4. The van der Waals surface area contributed by atoms with Crippen molar-refractivity contribution in [2.24, 2.45) is 23.2 Å². The van der Waals surface area contributed by atoms with E-state index in [1.807, 2.05) is 23.6 Å². The maximum Gasteiger partial charge on any atom is 0.271 e. The smallest absolute Gasteiger partial charge is 0.271 e. The Bertz CT molecular complexity index is 713. The zero-order valence-corrected chi connectivity index (χ0v) is 14.6. The third kappa shape index (κ3) is 2.50. The third-order valence-corrected chi connectivity index (χ3v) is 7.29. The fourth-order valence-corrected chi connectivity index (χ4v) is 6.55. The molecule has 0 saturated heterocycles. The van der Waals surface area contributed by atoms with Crippen molar-refractivity contribution in [1.82, 2.24) is 15.5 Å². The average molecular weight is 341 g/mol. The Morgan fingerprint density at radius 3 is 2.58 bits per heavy atom. The zero-order valence-electron chi connectivity index (χ0n) is 13.8. The molecule has 0 spiro atoms. The Morgan fingerprint density at radius 1 is 1.25 bits per heavy atom. The van der Waals surface area contributed by atoms with Crippen molar-refractivity contribution >= 4 is 17.2 Å². The molecular formula is C19H23N3OS. The van der Waals surface area contributed by atoms with Crippen molar-refractivity contribution in [1.29, 1.82) is 0 Å². The second kappa shape index (κ2) is 5.45. The molecule has 4 saturated carbocycles. The van der Waals surface area contributed by atoms with Crippen LogP contribution in [0.5, 0.6) is 0 Å². The van der Waals surface area contributed by atoms with Crippen LogP contribution in [0.25, 0.3) is 10.6 Å². The molecule has 0 aromatic carbocycles. The Hall–Kier alpha value is -1.62. The molecule has 4 fully saturated rings. The quantitative estimate of drug-likeness (QED) is 0.880. The molecule has 0 atom stereocenters. The first-order chi connectivity index (χ1) is 11.7. The van der Waals surface area contributed by atoms with E-state index in [0.29, 0.717) is 11.1 Å². The fraction of sp³-hybridized carbons (Fsp3) is 0.579. The van der Waals surface area contributed by atoms with Crippen molar-refractivity contribution in [3.63, 3.8) is 0 Å². The van der Waals surface area contributed by atoms with E-state index >= 15 is 0 Å². The van der Waals surface area contributed by atoms with Crippen LogP contribution in [0.15, 0.2) is 23.6 Å². The number of nitrogens with one attached hydrogen (secondary N) is 2. The molecule has 4 aliphatic rings. The number of aromatic nitrogens is 2. The predicted molar refractivity (Wildman–Crippen MR) is 94.8 cm³/mol. The van der Waals surface area contributed by atoms with Crippen molar-refractivity contribution in [3.05, 3.63) is 29.3 Å². The standard InChI is InChI=1S/C19H23N3OS/c23-18(16-7-15(21-22-16)17-2-1-3-24-17)20-11-19-8-12-4-13(9-19)6-14(5-12)10-19/h1-3,7,12-14H,4-6,8-11H2,(H,20,23)(H,21,22). The maximum atomic E-state index is 12.5. The number of nitrogens with zero attached hydrogens (tertiary/aromatic N) is 1. The van der Waals surface area contributed by atoms with Gasteiger partial charge in [0, 0.05) is 6.54 Å². The van der Waals surface area contributed by atoms with E-state index in [-0.39, 0.29) is 5.91 Å². The molecule has 5 heteroatoms. The number of amides is 1. The summed E-state index contributed by atoms with van der Waals surface area (Å²) in [5, 5.41) is 12.4. The number of thiophene rings is 1. The van der Waals surface area contributed by atoms with E-state index in [0.717, 1.165) is 34.9 Å². The van der Waals surface area contributed by atoms with Crippen LogP contribution >= 0.6 is 11.3 Å². The average Bonchev–Trinajstić information content (AvgIpc) is 3.22. The molecular weight excluding hydrogens is 318 g/mol. The second-order valence-corrected chi connectivity index (χ2v) is 9.19. The van der Waals surface area contributed by atoms with E-state index in [2.05, 4.69) is 15.5 Å². The number of H-pyrrole nitrogens is 1. The molecule has 0 unspecified atom stereocenters. The van der Waals surface area contributed by atoms with Crippen molar-refractivity contribution in [2.45, 2.75) is 38.5 Å². The van der Waals surface area contributed by atoms with Gasteiger partial charge in [0.25, 0.3) is 5.91 Å². The molecule has 0 aliphatic heterocycles. The number of carbonyl (C=O) groups is 1. The lowest BCUT2D eigenvalue weighted by molar-refractivity contribution is -0.0503. The molecule has 4 bridgehead atoms. The molecule has 6 rings (SSSR count). The van der Waals surface area contributed by atoms with Gasteiger partial charge in [0.15, 0.2) is 5.69 Å². The topological polar surface area (TPSA) is 57.8 Å².